The fraction of sp³-hybridized carbons (Fsp3) is 0.250. The maximum Gasteiger partial charge on any atom is 0.267 e. The summed E-state index contributed by atoms with van der Waals surface area (Å²) in [6.07, 6.45) is 5.03. The molecule has 1 aromatic heterocycles. The molecule has 1 heterocycles. The smallest absolute Gasteiger partial charge is 0.267 e. The van der Waals surface area contributed by atoms with E-state index < -0.39 is 0 Å². The molecule has 0 unspecified atom stereocenters. The van der Waals surface area contributed by atoms with Crippen LogP contribution < -0.4 is 5.56 Å². The van der Waals surface area contributed by atoms with Gasteiger partial charge >= 0.3 is 0 Å². The zero-order valence-electron chi connectivity index (χ0n) is 6.24. The second kappa shape index (κ2) is 3.02. The molecule has 0 aromatic carbocycles. The summed E-state index contributed by atoms with van der Waals surface area (Å²) in [6.45, 7) is 2.05. The molecule has 0 saturated heterocycles. The summed E-state index contributed by atoms with van der Waals surface area (Å²) < 4.78 is 1.26. The highest BCUT2D eigenvalue weighted by Gasteiger charge is 1.93. The van der Waals surface area contributed by atoms with Crippen molar-refractivity contribution in [1.29, 1.82) is 0 Å². The molecule has 3 heteroatoms. The molecular formula is C8H8N2O. The van der Waals surface area contributed by atoms with Crippen LogP contribution in [0.2, 0.25) is 0 Å². The lowest BCUT2D eigenvalue weighted by molar-refractivity contribution is 0.651. The highest BCUT2D eigenvalue weighted by atomic mass is 16.1. The van der Waals surface area contributed by atoms with Crippen molar-refractivity contribution in [3.63, 3.8) is 0 Å². The van der Waals surface area contributed by atoms with Crippen molar-refractivity contribution in [3.8, 4) is 12.3 Å². The first-order valence-corrected chi connectivity index (χ1v) is 3.22. The fourth-order valence-electron chi connectivity index (χ4n) is 0.751. The van der Waals surface area contributed by atoms with Crippen molar-refractivity contribution < 1.29 is 0 Å². The molecule has 0 N–H and O–H groups in total. The van der Waals surface area contributed by atoms with Gasteiger partial charge in [0.1, 0.15) is 6.54 Å². The highest BCUT2D eigenvalue weighted by Crippen LogP contribution is 1.84. The minimum absolute atomic E-state index is 0.159. The Morgan fingerprint density at radius 3 is 3.09 bits per heavy atom. The zero-order chi connectivity index (χ0) is 8.27. The molecule has 0 saturated carbocycles. The largest absolute Gasteiger partial charge is 0.268 e. The minimum Gasteiger partial charge on any atom is -0.268 e. The lowest BCUT2D eigenvalue weighted by atomic mass is 10.4. The summed E-state index contributed by atoms with van der Waals surface area (Å²) in [4.78, 5) is 11.0. The van der Waals surface area contributed by atoms with Crippen LogP contribution in [0.25, 0.3) is 0 Å². The normalized spacial score (nSPS) is 9.09. The molecule has 0 bridgehead atoms. The highest BCUT2D eigenvalue weighted by molar-refractivity contribution is 4.98. The lowest BCUT2D eigenvalue weighted by Gasteiger charge is -1.98. The van der Waals surface area contributed by atoms with Crippen LogP contribution in [0.4, 0.5) is 0 Å². The van der Waals surface area contributed by atoms with E-state index in [-0.39, 0.29) is 12.1 Å². The van der Waals surface area contributed by atoms with E-state index in [1.165, 1.54) is 10.7 Å². The van der Waals surface area contributed by atoms with Gasteiger partial charge < -0.3 is 0 Å². The summed E-state index contributed by atoms with van der Waals surface area (Å²) in [5, 5.41) is 3.92. The molecule has 0 fully saturated rings. The summed E-state index contributed by atoms with van der Waals surface area (Å²) in [6, 6.07) is 3.12. The third-order valence-electron chi connectivity index (χ3n) is 1.24. The Balaban J connectivity index is 3.15. The summed E-state index contributed by atoms with van der Waals surface area (Å²) in [7, 11) is 0. The van der Waals surface area contributed by atoms with E-state index in [1.54, 1.807) is 6.07 Å². The predicted octanol–water partition coefficient (Wildman–Crippen LogP) is 0.185. The molecular weight excluding hydrogens is 140 g/mol. The van der Waals surface area contributed by atoms with Crippen LogP contribution in [-0.2, 0) is 6.54 Å². The van der Waals surface area contributed by atoms with E-state index >= 15 is 0 Å². The van der Waals surface area contributed by atoms with Crippen LogP contribution in [0, 0.1) is 19.3 Å². The Morgan fingerprint density at radius 2 is 2.45 bits per heavy atom. The zero-order valence-corrected chi connectivity index (χ0v) is 6.24. The summed E-state index contributed by atoms with van der Waals surface area (Å²) in [5.74, 6) is 2.35. The van der Waals surface area contributed by atoms with Crippen molar-refractivity contribution in [1.82, 2.24) is 9.78 Å². The van der Waals surface area contributed by atoms with E-state index in [4.69, 9.17) is 6.42 Å². The Morgan fingerprint density at radius 1 is 1.73 bits per heavy atom. The molecule has 0 aliphatic rings. The van der Waals surface area contributed by atoms with Gasteiger partial charge in [-0.25, -0.2) is 4.68 Å². The second-order valence-electron chi connectivity index (χ2n) is 2.17. The van der Waals surface area contributed by atoms with Crippen molar-refractivity contribution >= 4 is 0 Å². The average Bonchev–Trinajstić information content (AvgIpc) is 1.98. The summed E-state index contributed by atoms with van der Waals surface area (Å²) >= 11 is 0. The number of rotatable bonds is 1. The maximum absolute atomic E-state index is 11.0. The molecule has 11 heavy (non-hydrogen) atoms. The molecule has 56 valence electrons. The molecule has 1 rings (SSSR count). The lowest BCUT2D eigenvalue weighted by Crippen LogP contribution is -2.21. The third-order valence-corrected chi connectivity index (χ3v) is 1.24. The number of hydrogen-bond donors (Lipinski definition) is 0. The first-order chi connectivity index (χ1) is 5.24. The van der Waals surface area contributed by atoms with Crippen LogP contribution >= 0.6 is 0 Å². The van der Waals surface area contributed by atoms with E-state index in [2.05, 4.69) is 11.0 Å². The Labute approximate surface area is 64.7 Å². The van der Waals surface area contributed by atoms with Gasteiger partial charge in [0.2, 0.25) is 0 Å². The van der Waals surface area contributed by atoms with Gasteiger partial charge in [0.05, 0.1) is 5.69 Å². The van der Waals surface area contributed by atoms with E-state index in [0.717, 1.165) is 5.69 Å². The van der Waals surface area contributed by atoms with Gasteiger partial charge in [-0.05, 0) is 13.0 Å². The van der Waals surface area contributed by atoms with Gasteiger partial charge in [-0.3, -0.25) is 4.79 Å². The van der Waals surface area contributed by atoms with Gasteiger partial charge in [-0.1, -0.05) is 5.92 Å². The third kappa shape index (κ3) is 1.68. The predicted molar refractivity (Wildman–Crippen MR) is 42.1 cm³/mol. The van der Waals surface area contributed by atoms with Crippen LogP contribution in [0.5, 0.6) is 0 Å². The SMILES string of the molecule is C#CCn1nc(C)ccc1=O. The molecule has 1 aromatic rings. The van der Waals surface area contributed by atoms with Gasteiger partial charge in [-0.15, -0.1) is 6.42 Å². The average molecular weight is 148 g/mol. The van der Waals surface area contributed by atoms with Crippen molar-refractivity contribution in [2.24, 2.45) is 0 Å². The molecule has 0 amide bonds. The Bertz CT molecular complexity index is 346. The van der Waals surface area contributed by atoms with Crippen LogP contribution in [0.3, 0.4) is 0 Å². The first-order valence-electron chi connectivity index (χ1n) is 3.22. The monoisotopic (exact) mass is 148 g/mol. The quantitative estimate of drug-likeness (QED) is 0.533. The number of hydrogen-bond acceptors (Lipinski definition) is 2. The van der Waals surface area contributed by atoms with E-state index in [9.17, 15) is 4.79 Å². The number of aryl methyl sites for hydroxylation is 1. The van der Waals surface area contributed by atoms with Gasteiger partial charge in [0.15, 0.2) is 0 Å². The molecule has 0 spiro atoms. The number of aromatic nitrogens is 2. The second-order valence-corrected chi connectivity index (χ2v) is 2.17. The fourth-order valence-corrected chi connectivity index (χ4v) is 0.751. The van der Waals surface area contributed by atoms with Gasteiger partial charge in [0.25, 0.3) is 5.56 Å². The van der Waals surface area contributed by atoms with Crippen molar-refractivity contribution in [3.05, 3.63) is 28.2 Å². The van der Waals surface area contributed by atoms with Crippen molar-refractivity contribution in [2.75, 3.05) is 0 Å². The first kappa shape index (κ1) is 7.55. The van der Waals surface area contributed by atoms with E-state index in [1.807, 2.05) is 6.92 Å². The van der Waals surface area contributed by atoms with Crippen LogP contribution in [-0.4, -0.2) is 9.78 Å². The molecule has 0 aliphatic heterocycles. The number of nitrogens with zero attached hydrogens (tertiary/aromatic N) is 2. The van der Waals surface area contributed by atoms with Gasteiger partial charge in [-0.2, -0.15) is 5.10 Å². The topological polar surface area (TPSA) is 34.9 Å². The molecule has 3 nitrogen and oxygen atoms in total. The standard InChI is InChI=1S/C8H8N2O/c1-3-6-10-8(11)5-4-7(2)9-10/h1,4-5H,6H2,2H3. The maximum atomic E-state index is 11.0. The molecule has 0 aliphatic carbocycles. The van der Waals surface area contributed by atoms with Crippen LogP contribution in [0.1, 0.15) is 5.69 Å². The van der Waals surface area contributed by atoms with Crippen LogP contribution in [0.15, 0.2) is 16.9 Å². The van der Waals surface area contributed by atoms with Crippen molar-refractivity contribution in [2.45, 2.75) is 13.5 Å². The van der Waals surface area contributed by atoms with Gasteiger partial charge in [0, 0.05) is 6.07 Å². The Kier molecular flexibility index (Phi) is 2.07. The summed E-state index contributed by atoms with van der Waals surface area (Å²) in [5.41, 5.74) is 0.633. The molecule has 0 atom stereocenters. The van der Waals surface area contributed by atoms with E-state index in [0.29, 0.717) is 0 Å². The minimum atomic E-state index is -0.159. The molecule has 0 radical (unpaired) electrons. The Hall–Kier alpha value is -1.56. The number of terminal acetylenes is 1.